The molecule has 5 nitrogen and oxygen atoms in total. The lowest BCUT2D eigenvalue weighted by Gasteiger charge is -2.25. The fourth-order valence-corrected chi connectivity index (χ4v) is 1.66. The molecule has 1 aliphatic heterocycles. The Hall–Kier alpha value is -1.75. The SMILES string of the molecule is COC(=O)C[C@H]1Oc2ccc(Cl)cc2NC1=O. The molecule has 0 unspecified atom stereocenters. The molecule has 1 atom stereocenters. The van der Waals surface area contributed by atoms with Gasteiger partial charge in [-0.05, 0) is 18.2 Å². The highest BCUT2D eigenvalue weighted by atomic mass is 35.5. The normalized spacial score (nSPS) is 17.8. The minimum atomic E-state index is -0.865. The van der Waals surface area contributed by atoms with Crippen LogP contribution in [-0.2, 0) is 14.3 Å². The molecule has 0 radical (unpaired) electrons. The van der Waals surface area contributed by atoms with Crippen LogP contribution < -0.4 is 10.1 Å². The van der Waals surface area contributed by atoms with E-state index in [0.29, 0.717) is 16.5 Å². The van der Waals surface area contributed by atoms with Gasteiger partial charge in [0.15, 0.2) is 6.10 Å². The van der Waals surface area contributed by atoms with E-state index in [-0.39, 0.29) is 12.3 Å². The van der Waals surface area contributed by atoms with Gasteiger partial charge < -0.3 is 14.8 Å². The summed E-state index contributed by atoms with van der Waals surface area (Å²) < 4.78 is 9.89. The maximum absolute atomic E-state index is 11.6. The largest absolute Gasteiger partial charge is 0.478 e. The summed E-state index contributed by atoms with van der Waals surface area (Å²) in [5.74, 6) is -0.393. The van der Waals surface area contributed by atoms with Crippen LogP contribution in [0.4, 0.5) is 5.69 Å². The van der Waals surface area contributed by atoms with Crippen LogP contribution in [0.25, 0.3) is 0 Å². The van der Waals surface area contributed by atoms with Crippen molar-refractivity contribution in [2.75, 3.05) is 12.4 Å². The molecule has 6 heteroatoms. The Morgan fingerprint density at radius 3 is 3.06 bits per heavy atom. The van der Waals surface area contributed by atoms with Crippen molar-refractivity contribution >= 4 is 29.2 Å². The van der Waals surface area contributed by atoms with Gasteiger partial charge in [-0.3, -0.25) is 9.59 Å². The van der Waals surface area contributed by atoms with Gasteiger partial charge in [-0.1, -0.05) is 11.6 Å². The molecule has 1 aromatic carbocycles. The zero-order valence-corrected chi connectivity index (χ0v) is 9.78. The van der Waals surface area contributed by atoms with E-state index in [1.807, 2.05) is 0 Å². The standard InChI is InChI=1S/C11H10ClNO4/c1-16-10(14)5-9-11(15)13-7-4-6(12)2-3-8(7)17-9/h2-4,9H,5H2,1H3,(H,13,15)/t9-/m1/s1. The maximum Gasteiger partial charge on any atom is 0.309 e. The number of carbonyl (C=O) groups excluding carboxylic acids is 2. The lowest BCUT2D eigenvalue weighted by atomic mass is 10.1. The summed E-state index contributed by atoms with van der Waals surface area (Å²) in [7, 11) is 1.26. The third-order valence-corrected chi connectivity index (χ3v) is 2.58. The van der Waals surface area contributed by atoms with Crippen molar-refractivity contribution in [2.24, 2.45) is 0 Å². The van der Waals surface area contributed by atoms with Crippen molar-refractivity contribution in [1.29, 1.82) is 0 Å². The van der Waals surface area contributed by atoms with E-state index in [1.54, 1.807) is 18.2 Å². The van der Waals surface area contributed by atoms with E-state index >= 15 is 0 Å². The number of halogens is 1. The summed E-state index contributed by atoms with van der Waals surface area (Å²) >= 11 is 5.79. The average Bonchev–Trinajstić information content (AvgIpc) is 2.30. The number of ether oxygens (including phenoxy) is 2. The van der Waals surface area contributed by atoms with Crippen LogP contribution in [0.3, 0.4) is 0 Å². The van der Waals surface area contributed by atoms with E-state index in [1.165, 1.54) is 7.11 Å². The second-order valence-corrected chi connectivity index (χ2v) is 3.95. The molecule has 0 spiro atoms. The molecule has 1 aliphatic rings. The maximum atomic E-state index is 11.6. The summed E-state index contributed by atoms with van der Waals surface area (Å²) in [6, 6.07) is 4.87. The number of fused-ring (bicyclic) bond motifs is 1. The van der Waals surface area contributed by atoms with Crippen LogP contribution >= 0.6 is 11.6 Å². The van der Waals surface area contributed by atoms with Gasteiger partial charge in [0.25, 0.3) is 5.91 Å². The summed E-state index contributed by atoms with van der Waals surface area (Å²) in [5, 5.41) is 3.12. The lowest BCUT2D eigenvalue weighted by molar-refractivity contribution is -0.145. The van der Waals surface area contributed by atoms with Crippen LogP contribution in [0.5, 0.6) is 5.75 Å². The van der Waals surface area contributed by atoms with E-state index in [4.69, 9.17) is 16.3 Å². The minimum absolute atomic E-state index is 0.121. The van der Waals surface area contributed by atoms with Gasteiger partial charge >= 0.3 is 5.97 Å². The first kappa shape index (κ1) is 11.7. The van der Waals surface area contributed by atoms with Gasteiger partial charge in [0.2, 0.25) is 0 Å². The lowest BCUT2D eigenvalue weighted by Crippen LogP contribution is -2.38. The van der Waals surface area contributed by atoms with E-state index in [0.717, 1.165) is 0 Å². The fraction of sp³-hybridized carbons (Fsp3) is 0.273. The number of hydrogen-bond acceptors (Lipinski definition) is 4. The predicted octanol–water partition coefficient (Wildman–Crippen LogP) is 1.60. The molecule has 0 saturated heterocycles. The quantitative estimate of drug-likeness (QED) is 0.816. The molecule has 90 valence electrons. The van der Waals surface area contributed by atoms with Crippen LogP contribution in [0.2, 0.25) is 5.02 Å². The molecule has 0 bridgehead atoms. The van der Waals surface area contributed by atoms with Gasteiger partial charge in [-0.25, -0.2) is 0 Å². The minimum Gasteiger partial charge on any atom is -0.478 e. The summed E-state index contributed by atoms with van der Waals surface area (Å²) in [5.41, 5.74) is 0.503. The molecule has 0 aromatic heterocycles. The number of methoxy groups -OCH3 is 1. The monoisotopic (exact) mass is 255 g/mol. The Balaban J connectivity index is 2.18. The third-order valence-electron chi connectivity index (χ3n) is 2.34. The zero-order chi connectivity index (χ0) is 12.4. The Labute approximate surface area is 103 Å². The van der Waals surface area contributed by atoms with E-state index < -0.39 is 12.1 Å². The van der Waals surface area contributed by atoms with Gasteiger partial charge in [0, 0.05) is 5.02 Å². The second kappa shape index (κ2) is 4.63. The highest BCUT2D eigenvalue weighted by Crippen LogP contribution is 2.32. The summed E-state index contributed by atoms with van der Waals surface area (Å²) in [4.78, 5) is 22.7. The Morgan fingerprint density at radius 2 is 2.35 bits per heavy atom. The van der Waals surface area contributed by atoms with Crippen molar-refractivity contribution in [1.82, 2.24) is 0 Å². The summed E-state index contributed by atoms with van der Waals surface area (Å²) in [6.45, 7) is 0. The molecule has 0 fully saturated rings. The Morgan fingerprint density at radius 1 is 1.59 bits per heavy atom. The first-order valence-corrected chi connectivity index (χ1v) is 5.32. The van der Waals surface area contributed by atoms with Crippen molar-refractivity contribution in [2.45, 2.75) is 12.5 Å². The van der Waals surface area contributed by atoms with E-state index in [2.05, 4.69) is 10.1 Å². The smallest absolute Gasteiger partial charge is 0.309 e. The van der Waals surface area contributed by atoms with Gasteiger partial charge in [-0.2, -0.15) is 0 Å². The number of nitrogens with one attached hydrogen (secondary N) is 1. The molecular formula is C11H10ClNO4. The van der Waals surface area contributed by atoms with Crippen LogP contribution in [0.15, 0.2) is 18.2 Å². The first-order chi connectivity index (χ1) is 8.10. The molecule has 1 amide bonds. The van der Waals surface area contributed by atoms with Gasteiger partial charge in [-0.15, -0.1) is 0 Å². The molecule has 2 rings (SSSR count). The molecule has 17 heavy (non-hydrogen) atoms. The summed E-state index contributed by atoms with van der Waals surface area (Å²) in [6.07, 6.45) is -0.985. The van der Waals surface area contributed by atoms with Crippen molar-refractivity contribution in [3.8, 4) is 5.75 Å². The topological polar surface area (TPSA) is 64.6 Å². The number of benzene rings is 1. The highest BCUT2D eigenvalue weighted by molar-refractivity contribution is 6.31. The highest BCUT2D eigenvalue weighted by Gasteiger charge is 2.30. The van der Waals surface area contributed by atoms with Gasteiger partial charge in [0.1, 0.15) is 5.75 Å². The fourth-order valence-electron chi connectivity index (χ4n) is 1.49. The zero-order valence-electron chi connectivity index (χ0n) is 9.03. The Kier molecular flexibility index (Phi) is 3.19. The molecule has 1 aromatic rings. The number of anilines is 1. The third kappa shape index (κ3) is 2.50. The number of hydrogen-bond donors (Lipinski definition) is 1. The van der Waals surface area contributed by atoms with Crippen LogP contribution in [0, 0.1) is 0 Å². The van der Waals surface area contributed by atoms with Crippen molar-refractivity contribution in [3.05, 3.63) is 23.2 Å². The molecule has 0 saturated carbocycles. The number of esters is 1. The van der Waals surface area contributed by atoms with Crippen LogP contribution in [-0.4, -0.2) is 25.1 Å². The van der Waals surface area contributed by atoms with Crippen molar-refractivity contribution < 1.29 is 19.1 Å². The number of carbonyl (C=O) groups is 2. The average molecular weight is 256 g/mol. The predicted molar refractivity (Wildman–Crippen MR) is 61.1 cm³/mol. The number of amides is 1. The second-order valence-electron chi connectivity index (χ2n) is 3.52. The first-order valence-electron chi connectivity index (χ1n) is 4.94. The molecule has 0 aliphatic carbocycles. The van der Waals surface area contributed by atoms with Gasteiger partial charge in [0.05, 0.1) is 19.2 Å². The van der Waals surface area contributed by atoms with Crippen LogP contribution in [0.1, 0.15) is 6.42 Å². The molecular weight excluding hydrogens is 246 g/mol. The molecule has 1 heterocycles. The molecule has 1 N–H and O–H groups in total. The Bertz CT molecular complexity index is 475. The number of rotatable bonds is 2. The van der Waals surface area contributed by atoms with E-state index in [9.17, 15) is 9.59 Å². The van der Waals surface area contributed by atoms with Crippen molar-refractivity contribution in [3.63, 3.8) is 0 Å².